The molecule has 2 unspecified atom stereocenters. The molecular formula is C10H18ClN3O2. The van der Waals surface area contributed by atoms with Gasteiger partial charge >= 0.3 is 0 Å². The molecule has 0 aliphatic carbocycles. The molecule has 0 spiro atoms. The Bertz CT molecular complexity index is 267. The topological polar surface area (TPSA) is 70.2 Å². The molecule has 2 saturated heterocycles. The molecule has 3 N–H and O–H groups in total. The van der Waals surface area contributed by atoms with Crippen LogP contribution in [0.25, 0.3) is 0 Å². The average Bonchev–Trinajstić information content (AvgIpc) is 2.65. The second-order valence-corrected chi connectivity index (χ2v) is 4.26. The van der Waals surface area contributed by atoms with E-state index >= 15 is 0 Å². The normalized spacial score (nSPS) is 29.1. The predicted molar refractivity (Wildman–Crippen MR) is 62.4 cm³/mol. The molecule has 2 atom stereocenters. The molecule has 2 amide bonds. The van der Waals surface area contributed by atoms with Gasteiger partial charge in [0.2, 0.25) is 11.8 Å². The van der Waals surface area contributed by atoms with Gasteiger partial charge in [0.05, 0.1) is 12.0 Å². The van der Waals surface area contributed by atoms with Gasteiger partial charge in [-0.15, -0.1) is 12.4 Å². The van der Waals surface area contributed by atoms with Crippen molar-refractivity contribution in [3.8, 4) is 0 Å². The lowest BCUT2D eigenvalue weighted by molar-refractivity contribution is -0.126. The van der Waals surface area contributed by atoms with E-state index in [1.54, 1.807) is 0 Å². The van der Waals surface area contributed by atoms with Crippen molar-refractivity contribution < 1.29 is 9.59 Å². The molecule has 2 aliphatic rings. The second-order valence-electron chi connectivity index (χ2n) is 4.26. The van der Waals surface area contributed by atoms with Gasteiger partial charge in [0.1, 0.15) is 0 Å². The van der Waals surface area contributed by atoms with Crippen LogP contribution in [0, 0.1) is 5.92 Å². The minimum Gasteiger partial charge on any atom is -0.354 e. The Kier molecular flexibility index (Phi) is 5.02. The van der Waals surface area contributed by atoms with Crippen molar-refractivity contribution in [2.24, 2.45) is 5.92 Å². The largest absolute Gasteiger partial charge is 0.354 e. The first kappa shape index (κ1) is 13.3. The van der Waals surface area contributed by atoms with Gasteiger partial charge in [-0.25, -0.2) is 0 Å². The number of amides is 2. The highest BCUT2D eigenvalue weighted by molar-refractivity contribution is 5.85. The molecule has 0 aromatic rings. The summed E-state index contributed by atoms with van der Waals surface area (Å²) in [7, 11) is 0. The van der Waals surface area contributed by atoms with Crippen LogP contribution in [0.3, 0.4) is 0 Å². The molecule has 0 saturated carbocycles. The third-order valence-corrected chi connectivity index (χ3v) is 2.99. The number of carbonyl (C=O) groups excluding carboxylic acids is 2. The number of carbonyl (C=O) groups is 2. The molecule has 2 fully saturated rings. The van der Waals surface area contributed by atoms with Crippen LogP contribution in [-0.4, -0.2) is 37.5 Å². The van der Waals surface area contributed by atoms with Gasteiger partial charge in [-0.2, -0.15) is 0 Å². The third kappa shape index (κ3) is 3.35. The molecule has 6 heteroatoms. The van der Waals surface area contributed by atoms with Gasteiger partial charge in [-0.3, -0.25) is 9.59 Å². The Morgan fingerprint density at radius 3 is 2.75 bits per heavy atom. The molecule has 0 bridgehead atoms. The molecule has 0 aromatic carbocycles. The Labute approximate surface area is 101 Å². The lowest BCUT2D eigenvalue weighted by atomic mass is 9.98. The van der Waals surface area contributed by atoms with Gasteiger partial charge in [-0.05, 0) is 19.4 Å². The summed E-state index contributed by atoms with van der Waals surface area (Å²) < 4.78 is 0. The first-order valence-corrected chi connectivity index (χ1v) is 5.53. The Morgan fingerprint density at radius 1 is 1.38 bits per heavy atom. The SMILES string of the molecule is Cl.O=C1CC(NC(=O)C2CCCNC2)CN1. The Hall–Kier alpha value is -0.810. The highest BCUT2D eigenvalue weighted by atomic mass is 35.5. The van der Waals surface area contributed by atoms with Crippen molar-refractivity contribution in [3.05, 3.63) is 0 Å². The summed E-state index contributed by atoms with van der Waals surface area (Å²) in [5.41, 5.74) is 0. The van der Waals surface area contributed by atoms with Crippen LogP contribution >= 0.6 is 12.4 Å². The maximum atomic E-state index is 11.8. The van der Waals surface area contributed by atoms with Gasteiger partial charge < -0.3 is 16.0 Å². The maximum Gasteiger partial charge on any atom is 0.224 e. The molecule has 0 radical (unpaired) electrons. The molecule has 16 heavy (non-hydrogen) atoms. The number of piperidine rings is 1. The van der Waals surface area contributed by atoms with Crippen LogP contribution in [0.1, 0.15) is 19.3 Å². The molecule has 2 heterocycles. The minimum absolute atomic E-state index is 0. The van der Waals surface area contributed by atoms with Crippen LogP contribution in [-0.2, 0) is 9.59 Å². The highest BCUT2D eigenvalue weighted by Gasteiger charge is 2.27. The highest BCUT2D eigenvalue weighted by Crippen LogP contribution is 2.11. The van der Waals surface area contributed by atoms with E-state index in [0.29, 0.717) is 13.0 Å². The zero-order chi connectivity index (χ0) is 10.7. The summed E-state index contributed by atoms with van der Waals surface area (Å²) in [4.78, 5) is 22.7. The van der Waals surface area contributed by atoms with Gasteiger partial charge in [0.15, 0.2) is 0 Å². The smallest absolute Gasteiger partial charge is 0.224 e. The van der Waals surface area contributed by atoms with E-state index in [-0.39, 0.29) is 36.2 Å². The predicted octanol–water partition coefficient (Wildman–Crippen LogP) is -0.587. The minimum atomic E-state index is -0.00748. The van der Waals surface area contributed by atoms with Crippen LogP contribution in [0.5, 0.6) is 0 Å². The van der Waals surface area contributed by atoms with Gasteiger partial charge in [0.25, 0.3) is 0 Å². The van der Waals surface area contributed by atoms with Gasteiger partial charge in [-0.1, -0.05) is 0 Å². The first-order valence-electron chi connectivity index (χ1n) is 5.53. The lowest BCUT2D eigenvalue weighted by Crippen LogP contribution is -2.45. The number of nitrogens with one attached hydrogen (secondary N) is 3. The van der Waals surface area contributed by atoms with E-state index in [1.165, 1.54) is 0 Å². The van der Waals surface area contributed by atoms with Crippen LogP contribution in [0.4, 0.5) is 0 Å². The third-order valence-electron chi connectivity index (χ3n) is 2.99. The molecule has 0 aromatic heterocycles. The second kappa shape index (κ2) is 6.06. The van der Waals surface area contributed by atoms with Crippen LogP contribution in [0.15, 0.2) is 0 Å². The molecule has 5 nitrogen and oxygen atoms in total. The summed E-state index contributed by atoms with van der Waals surface area (Å²) in [5.74, 6) is 0.195. The van der Waals surface area contributed by atoms with E-state index in [9.17, 15) is 9.59 Å². The van der Waals surface area contributed by atoms with Crippen molar-refractivity contribution in [2.45, 2.75) is 25.3 Å². The number of halogens is 1. The molecule has 92 valence electrons. The summed E-state index contributed by atoms with van der Waals surface area (Å²) in [6.07, 6.45) is 2.43. The molecule has 2 rings (SSSR count). The zero-order valence-corrected chi connectivity index (χ0v) is 9.94. The Morgan fingerprint density at radius 2 is 2.19 bits per heavy atom. The quantitative estimate of drug-likeness (QED) is 0.611. The number of rotatable bonds is 2. The number of hydrogen-bond donors (Lipinski definition) is 3. The summed E-state index contributed by atoms with van der Waals surface area (Å²) in [6, 6.07) is -0.00748. The molecular weight excluding hydrogens is 230 g/mol. The first-order chi connectivity index (χ1) is 7.25. The monoisotopic (exact) mass is 247 g/mol. The van der Waals surface area contributed by atoms with Crippen molar-refractivity contribution in [3.63, 3.8) is 0 Å². The van der Waals surface area contributed by atoms with Crippen molar-refractivity contribution >= 4 is 24.2 Å². The van der Waals surface area contributed by atoms with Crippen LogP contribution < -0.4 is 16.0 Å². The average molecular weight is 248 g/mol. The Balaban J connectivity index is 0.00000128. The van der Waals surface area contributed by atoms with E-state index in [4.69, 9.17) is 0 Å². The lowest BCUT2D eigenvalue weighted by Gasteiger charge is -2.23. The van der Waals surface area contributed by atoms with E-state index in [1.807, 2.05) is 0 Å². The summed E-state index contributed by atoms with van der Waals surface area (Å²) in [5, 5.41) is 8.83. The zero-order valence-electron chi connectivity index (χ0n) is 9.12. The summed E-state index contributed by atoms with van der Waals surface area (Å²) >= 11 is 0. The van der Waals surface area contributed by atoms with Crippen molar-refractivity contribution in [2.75, 3.05) is 19.6 Å². The summed E-state index contributed by atoms with van der Waals surface area (Å²) in [6.45, 7) is 2.35. The van der Waals surface area contributed by atoms with E-state index in [0.717, 1.165) is 25.9 Å². The van der Waals surface area contributed by atoms with E-state index in [2.05, 4.69) is 16.0 Å². The van der Waals surface area contributed by atoms with Crippen molar-refractivity contribution in [1.29, 1.82) is 0 Å². The van der Waals surface area contributed by atoms with Crippen molar-refractivity contribution in [1.82, 2.24) is 16.0 Å². The van der Waals surface area contributed by atoms with Gasteiger partial charge in [0, 0.05) is 19.5 Å². The fourth-order valence-corrected chi connectivity index (χ4v) is 2.10. The number of hydrogen-bond acceptors (Lipinski definition) is 3. The van der Waals surface area contributed by atoms with E-state index < -0.39 is 0 Å². The fourth-order valence-electron chi connectivity index (χ4n) is 2.10. The van der Waals surface area contributed by atoms with Crippen LogP contribution in [0.2, 0.25) is 0 Å². The standard InChI is InChI=1S/C10H17N3O2.ClH/c14-9-4-8(6-12-9)13-10(15)7-2-1-3-11-5-7;/h7-8,11H,1-6H2,(H,12,14)(H,13,15);1H. The maximum absolute atomic E-state index is 11.8. The fraction of sp³-hybridized carbons (Fsp3) is 0.800. The molecule has 2 aliphatic heterocycles.